The van der Waals surface area contributed by atoms with Crippen molar-refractivity contribution in [3.63, 3.8) is 0 Å². The standard InChI is InChI=1S/C19H14BrN3O3/c20-13-6-3-5-12(11-13)17-22-21-16(26-17)9-4-10-23-18(24)14-7-1-2-8-15(14)19(23)25/h1-3,5-8,11H,4,9-10H2. The van der Waals surface area contributed by atoms with Crippen molar-refractivity contribution in [3.8, 4) is 11.5 Å². The Balaban J connectivity index is 1.39. The molecule has 2 amide bonds. The predicted octanol–water partition coefficient (Wildman–Crippen LogP) is 3.73. The van der Waals surface area contributed by atoms with E-state index in [2.05, 4.69) is 26.1 Å². The van der Waals surface area contributed by atoms with Crippen LogP contribution in [0.4, 0.5) is 0 Å². The Morgan fingerprint density at radius 1 is 0.962 bits per heavy atom. The molecule has 6 nitrogen and oxygen atoms in total. The fourth-order valence-electron chi connectivity index (χ4n) is 2.92. The molecule has 26 heavy (non-hydrogen) atoms. The molecule has 0 atom stereocenters. The van der Waals surface area contributed by atoms with Gasteiger partial charge in [0.25, 0.3) is 11.8 Å². The lowest BCUT2D eigenvalue weighted by Gasteiger charge is -2.12. The number of rotatable bonds is 5. The van der Waals surface area contributed by atoms with Gasteiger partial charge in [0.1, 0.15) is 0 Å². The largest absolute Gasteiger partial charge is 0.421 e. The minimum atomic E-state index is -0.244. The number of hydrogen-bond acceptors (Lipinski definition) is 5. The van der Waals surface area contributed by atoms with E-state index in [4.69, 9.17) is 4.42 Å². The minimum Gasteiger partial charge on any atom is -0.421 e. The van der Waals surface area contributed by atoms with Gasteiger partial charge in [-0.05, 0) is 36.8 Å². The van der Waals surface area contributed by atoms with E-state index in [1.807, 2.05) is 24.3 Å². The number of amides is 2. The number of benzene rings is 2. The smallest absolute Gasteiger partial charge is 0.261 e. The number of halogens is 1. The summed E-state index contributed by atoms with van der Waals surface area (Å²) < 4.78 is 6.60. The zero-order valence-corrected chi connectivity index (χ0v) is 15.3. The van der Waals surface area contributed by atoms with Gasteiger partial charge >= 0.3 is 0 Å². The van der Waals surface area contributed by atoms with Crippen LogP contribution in [0.5, 0.6) is 0 Å². The summed E-state index contributed by atoms with van der Waals surface area (Å²) in [5, 5.41) is 8.10. The summed E-state index contributed by atoms with van der Waals surface area (Å²) in [7, 11) is 0. The summed E-state index contributed by atoms with van der Waals surface area (Å²) in [4.78, 5) is 25.9. The molecule has 130 valence electrons. The molecule has 2 heterocycles. The number of nitrogens with zero attached hydrogens (tertiary/aromatic N) is 3. The third-order valence-electron chi connectivity index (χ3n) is 4.19. The Bertz CT molecular complexity index is 964. The molecular formula is C19H14BrN3O3. The lowest BCUT2D eigenvalue weighted by Crippen LogP contribution is -2.30. The Morgan fingerprint density at radius 3 is 2.38 bits per heavy atom. The van der Waals surface area contributed by atoms with Crippen LogP contribution in [-0.4, -0.2) is 33.5 Å². The van der Waals surface area contributed by atoms with Gasteiger partial charge in [0, 0.05) is 23.0 Å². The lowest BCUT2D eigenvalue weighted by atomic mass is 10.1. The highest BCUT2D eigenvalue weighted by Crippen LogP contribution is 2.24. The van der Waals surface area contributed by atoms with Crippen molar-refractivity contribution in [1.82, 2.24) is 15.1 Å². The summed E-state index contributed by atoms with van der Waals surface area (Å²) in [6.07, 6.45) is 1.06. The van der Waals surface area contributed by atoms with Crippen LogP contribution in [0.25, 0.3) is 11.5 Å². The molecule has 0 aliphatic carbocycles. The number of aromatic nitrogens is 2. The summed E-state index contributed by atoms with van der Waals surface area (Å²) in [5.41, 5.74) is 1.76. The van der Waals surface area contributed by atoms with Crippen LogP contribution in [-0.2, 0) is 6.42 Å². The topological polar surface area (TPSA) is 76.3 Å². The van der Waals surface area contributed by atoms with Gasteiger partial charge in [-0.3, -0.25) is 14.5 Å². The first-order chi connectivity index (χ1) is 12.6. The molecule has 0 bridgehead atoms. The van der Waals surface area contributed by atoms with Crippen LogP contribution in [0.2, 0.25) is 0 Å². The molecule has 1 aromatic heterocycles. The van der Waals surface area contributed by atoms with E-state index < -0.39 is 0 Å². The number of imide groups is 1. The van der Waals surface area contributed by atoms with Crippen LogP contribution in [0.3, 0.4) is 0 Å². The van der Waals surface area contributed by atoms with Gasteiger partial charge < -0.3 is 4.42 Å². The second kappa shape index (κ2) is 6.84. The zero-order valence-electron chi connectivity index (χ0n) is 13.7. The van der Waals surface area contributed by atoms with Gasteiger partial charge in [-0.15, -0.1) is 10.2 Å². The molecule has 0 saturated heterocycles. The van der Waals surface area contributed by atoms with Gasteiger partial charge in [0.05, 0.1) is 11.1 Å². The Morgan fingerprint density at radius 2 is 1.69 bits per heavy atom. The van der Waals surface area contributed by atoms with Crippen LogP contribution in [0.15, 0.2) is 57.4 Å². The van der Waals surface area contributed by atoms with Crippen LogP contribution < -0.4 is 0 Å². The molecule has 3 aromatic rings. The van der Waals surface area contributed by atoms with E-state index in [9.17, 15) is 9.59 Å². The highest BCUT2D eigenvalue weighted by atomic mass is 79.9. The third kappa shape index (κ3) is 3.06. The van der Waals surface area contributed by atoms with Gasteiger partial charge in [-0.25, -0.2) is 0 Å². The molecule has 0 unspecified atom stereocenters. The summed E-state index contributed by atoms with van der Waals surface area (Å²) in [6.45, 7) is 0.320. The Labute approximate surface area is 158 Å². The maximum atomic E-state index is 12.3. The fourth-order valence-corrected chi connectivity index (χ4v) is 3.32. The number of fused-ring (bicyclic) bond motifs is 1. The van der Waals surface area contributed by atoms with Gasteiger partial charge in [0.15, 0.2) is 0 Å². The highest BCUT2D eigenvalue weighted by Gasteiger charge is 2.34. The monoisotopic (exact) mass is 411 g/mol. The van der Waals surface area contributed by atoms with Crippen molar-refractivity contribution in [3.05, 3.63) is 70.0 Å². The highest BCUT2D eigenvalue weighted by molar-refractivity contribution is 9.10. The first-order valence-electron chi connectivity index (χ1n) is 8.17. The first-order valence-corrected chi connectivity index (χ1v) is 8.96. The van der Waals surface area contributed by atoms with E-state index in [0.29, 0.717) is 42.3 Å². The third-order valence-corrected chi connectivity index (χ3v) is 4.68. The van der Waals surface area contributed by atoms with Gasteiger partial charge in [0.2, 0.25) is 11.8 Å². The van der Waals surface area contributed by atoms with Crippen molar-refractivity contribution < 1.29 is 14.0 Å². The maximum Gasteiger partial charge on any atom is 0.261 e. The Kier molecular flexibility index (Phi) is 4.38. The van der Waals surface area contributed by atoms with Crippen molar-refractivity contribution in [2.45, 2.75) is 12.8 Å². The van der Waals surface area contributed by atoms with E-state index in [1.54, 1.807) is 24.3 Å². The molecule has 0 spiro atoms. The van der Waals surface area contributed by atoms with Crippen LogP contribution in [0, 0.1) is 0 Å². The summed E-state index contributed by atoms with van der Waals surface area (Å²) >= 11 is 3.41. The molecule has 1 aliphatic heterocycles. The van der Waals surface area contributed by atoms with Gasteiger partial charge in [-0.1, -0.05) is 34.1 Å². The predicted molar refractivity (Wildman–Crippen MR) is 97.6 cm³/mol. The van der Waals surface area contributed by atoms with Crippen LogP contribution >= 0.6 is 15.9 Å². The summed E-state index contributed by atoms with van der Waals surface area (Å²) in [5.74, 6) is 0.440. The van der Waals surface area contributed by atoms with Gasteiger partial charge in [-0.2, -0.15) is 0 Å². The van der Waals surface area contributed by atoms with E-state index in [1.165, 1.54) is 4.90 Å². The second-order valence-electron chi connectivity index (χ2n) is 5.92. The zero-order chi connectivity index (χ0) is 18.1. The van der Waals surface area contributed by atoms with Crippen molar-refractivity contribution in [2.75, 3.05) is 6.54 Å². The molecule has 0 N–H and O–H groups in total. The molecule has 1 aliphatic rings. The molecule has 2 aromatic carbocycles. The average Bonchev–Trinajstić information content (AvgIpc) is 3.21. The molecular weight excluding hydrogens is 398 g/mol. The lowest BCUT2D eigenvalue weighted by molar-refractivity contribution is 0.0652. The number of aryl methyl sites for hydroxylation is 1. The van der Waals surface area contributed by atoms with E-state index in [-0.39, 0.29) is 11.8 Å². The molecule has 0 radical (unpaired) electrons. The molecule has 0 saturated carbocycles. The number of carbonyl (C=O) groups is 2. The first kappa shape index (κ1) is 16.7. The molecule has 0 fully saturated rings. The van der Waals surface area contributed by atoms with Crippen LogP contribution in [0.1, 0.15) is 33.0 Å². The minimum absolute atomic E-state index is 0.244. The average molecular weight is 412 g/mol. The quantitative estimate of drug-likeness (QED) is 0.597. The number of hydrogen-bond donors (Lipinski definition) is 0. The SMILES string of the molecule is O=C1c2ccccc2C(=O)N1CCCc1nnc(-c2cccc(Br)c2)o1. The molecule has 4 rings (SSSR count). The van der Waals surface area contributed by atoms with Crippen molar-refractivity contribution >= 4 is 27.7 Å². The number of carbonyl (C=O) groups excluding carboxylic acids is 2. The van der Waals surface area contributed by atoms with Crippen molar-refractivity contribution in [2.24, 2.45) is 0 Å². The summed E-state index contributed by atoms with van der Waals surface area (Å²) in [6, 6.07) is 14.5. The van der Waals surface area contributed by atoms with E-state index in [0.717, 1.165) is 10.0 Å². The Hall–Kier alpha value is -2.80. The maximum absolute atomic E-state index is 12.3. The van der Waals surface area contributed by atoms with E-state index >= 15 is 0 Å². The van der Waals surface area contributed by atoms with Crippen molar-refractivity contribution in [1.29, 1.82) is 0 Å². The normalized spacial score (nSPS) is 13.3. The second-order valence-corrected chi connectivity index (χ2v) is 6.84. The fraction of sp³-hybridized carbons (Fsp3) is 0.158. The molecule has 7 heteroatoms.